The van der Waals surface area contributed by atoms with Crippen LogP contribution in [0.25, 0.3) is 0 Å². The topological polar surface area (TPSA) is 80.2 Å². The maximum absolute atomic E-state index is 12.0. The molecule has 2 aliphatic carbocycles. The summed E-state index contributed by atoms with van der Waals surface area (Å²) < 4.78 is 0. The highest BCUT2D eigenvalue weighted by molar-refractivity contribution is 14.0. The molecule has 2 saturated carbocycles. The van der Waals surface area contributed by atoms with E-state index in [9.17, 15) is 9.90 Å². The van der Waals surface area contributed by atoms with E-state index in [2.05, 4.69) is 27.4 Å². The zero-order valence-electron chi connectivity index (χ0n) is 16.6. The molecule has 27 heavy (non-hydrogen) atoms. The fourth-order valence-electron chi connectivity index (χ4n) is 3.84. The summed E-state index contributed by atoms with van der Waals surface area (Å²) in [6, 6.07) is 0.432. The zero-order chi connectivity index (χ0) is 18.4. The van der Waals surface area contributed by atoms with Gasteiger partial charge in [0.05, 0.1) is 18.7 Å². The van der Waals surface area contributed by atoms with Gasteiger partial charge in [-0.15, -0.1) is 24.0 Å². The van der Waals surface area contributed by atoms with E-state index >= 15 is 0 Å². The Morgan fingerprint density at radius 3 is 2.41 bits per heavy atom. The van der Waals surface area contributed by atoms with Gasteiger partial charge in [-0.05, 0) is 32.6 Å². The monoisotopic (exact) mass is 493 g/mol. The molecule has 0 bridgehead atoms. The maximum atomic E-state index is 12.0. The van der Waals surface area contributed by atoms with Crippen LogP contribution in [0.5, 0.6) is 0 Å². The number of piperazine rings is 1. The van der Waals surface area contributed by atoms with Crippen LogP contribution in [0, 0.1) is 0 Å². The van der Waals surface area contributed by atoms with E-state index in [0.29, 0.717) is 19.1 Å². The quantitative estimate of drug-likeness (QED) is 0.294. The second-order valence-corrected chi connectivity index (χ2v) is 8.06. The summed E-state index contributed by atoms with van der Waals surface area (Å²) >= 11 is 0. The number of aliphatic imine (C=N–C) groups is 1. The van der Waals surface area contributed by atoms with Crippen molar-refractivity contribution in [1.82, 2.24) is 20.4 Å². The van der Waals surface area contributed by atoms with Crippen LogP contribution in [0.2, 0.25) is 0 Å². The number of aliphatic hydroxyl groups is 1. The normalized spacial score (nSPS) is 23.5. The lowest BCUT2D eigenvalue weighted by Gasteiger charge is -2.37. The average Bonchev–Trinajstić information content (AvgIpc) is 3.44. The zero-order valence-corrected chi connectivity index (χ0v) is 18.9. The smallest absolute Gasteiger partial charge is 0.234 e. The molecular formula is C19H36IN5O2. The number of halogens is 1. The molecule has 7 nitrogen and oxygen atoms in total. The third-order valence-electron chi connectivity index (χ3n) is 5.62. The van der Waals surface area contributed by atoms with Gasteiger partial charge in [-0.3, -0.25) is 14.7 Å². The Balaban J connectivity index is 0.00000261. The molecule has 1 heterocycles. The number of rotatable bonds is 6. The highest BCUT2D eigenvalue weighted by atomic mass is 127. The van der Waals surface area contributed by atoms with Crippen molar-refractivity contribution in [2.75, 3.05) is 45.8 Å². The van der Waals surface area contributed by atoms with Gasteiger partial charge in [-0.2, -0.15) is 0 Å². The van der Waals surface area contributed by atoms with Crippen LogP contribution in [0.1, 0.15) is 51.9 Å². The molecule has 1 saturated heterocycles. The summed E-state index contributed by atoms with van der Waals surface area (Å²) in [5, 5.41) is 17.1. The second-order valence-electron chi connectivity index (χ2n) is 8.06. The van der Waals surface area contributed by atoms with E-state index in [1.807, 2.05) is 0 Å². The molecule has 156 valence electrons. The Hall–Kier alpha value is -0.610. The number of amides is 1. The Bertz CT molecular complexity index is 498. The Morgan fingerprint density at radius 2 is 1.81 bits per heavy atom. The molecule has 3 aliphatic rings. The first-order chi connectivity index (χ1) is 12.6. The summed E-state index contributed by atoms with van der Waals surface area (Å²) in [7, 11) is 0. The first-order valence-electron chi connectivity index (χ1n) is 10.4. The van der Waals surface area contributed by atoms with Crippen molar-refractivity contribution in [3.63, 3.8) is 0 Å². The maximum Gasteiger partial charge on any atom is 0.234 e. The summed E-state index contributed by atoms with van der Waals surface area (Å²) in [4.78, 5) is 21.2. The molecule has 1 amide bonds. The van der Waals surface area contributed by atoms with Gasteiger partial charge in [-0.1, -0.05) is 19.3 Å². The molecule has 0 aromatic carbocycles. The minimum atomic E-state index is -0.623. The van der Waals surface area contributed by atoms with Gasteiger partial charge in [0.1, 0.15) is 0 Å². The number of carbonyl (C=O) groups is 1. The van der Waals surface area contributed by atoms with E-state index in [4.69, 9.17) is 4.99 Å². The van der Waals surface area contributed by atoms with Crippen molar-refractivity contribution in [3.8, 4) is 0 Å². The van der Waals surface area contributed by atoms with Crippen molar-refractivity contribution in [3.05, 3.63) is 0 Å². The predicted molar refractivity (Wildman–Crippen MR) is 119 cm³/mol. The van der Waals surface area contributed by atoms with Crippen LogP contribution >= 0.6 is 24.0 Å². The van der Waals surface area contributed by atoms with Crippen molar-refractivity contribution in [1.29, 1.82) is 0 Å². The molecule has 3 N–H and O–H groups in total. The highest BCUT2D eigenvalue weighted by Crippen LogP contribution is 2.28. The molecule has 0 unspecified atom stereocenters. The van der Waals surface area contributed by atoms with Crippen LogP contribution in [-0.4, -0.2) is 84.2 Å². The van der Waals surface area contributed by atoms with Crippen LogP contribution < -0.4 is 10.6 Å². The van der Waals surface area contributed by atoms with E-state index in [1.54, 1.807) is 0 Å². The van der Waals surface area contributed by atoms with E-state index in [0.717, 1.165) is 77.2 Å². The molecule has 0 aromatic heterocycles. The number of hydrogen-bond donors (Lipinski definition) is 3. The summed E-state index contributed by atoms with van der Waals surface area (Å²) in [6.45, 7) is 7.34. The first-order valence-corrected chi connectivity index (χ1v) is 10.4. The largest absolute Gasteiger partial charge is 0.388 e. The van der Waals surface area contributed by atoms with Crippen molar-refractivity contribution in [2.45, 2.75) is 63.5 Å². The molecule has 3 rings (SSSR count). The molecular weight excluding hydrogens is 457 g/mol. The lowest BCUT2D eigenvalue weighted by atomic mass is 9.85. The van der Waals surface area contributed by atoms with Gasteiger partial charge >= 0.3 is 0 Å². The van der Waals surface area contributed by atoms with Crippen LogP contribution in [0.4, 0.5) is 0 Å². The van der Waals surface area contributed by atoms with Crippen LogP contribution in [0.15, 0.2) is 4.99 Å². The number of guanidine groups is 1. The predicted octanol–water partition coefficient (Wildman–Crippen LogP) is 1.16. The van der Waals surface area contributed by atoms with Gasteiger partial charge in [0.15, 0.2) is 5.96 Å². The lowest BCUT2D eigenvalue weighted by Crippen LogP contribution is -2.54. The Labute approximate surface area is 180 Å². The molecule has 3 fully saturated rings. The average molecular weight is 493 g/mol. The highest BCUT2D eigenvalue weighted by Gasteiger charge is 2.30. The summed E-state index contributed by atoms with van der Waals surface area (Å²) in [6.07, 6.45) is 7.42. The van der Waals surface area contributed by atoms with E-state index < -0.39 is 5.60 Å². The fourth-order valence-corrected chi connectivity index (χ4v) is 3.84. The minimum absolute atomic E-state index is 0. The van der Waals surface area contributed by atoms with E-state index in [1.165, 1.54) is 6.42 Å². The standard InChI is InChI=1S/C19H35N5O2.HI/c1-2-20-18(21-15-19(26)8-4-3-5-9-19)24-12-10-23(11-13-24)14-17(25)22-16-6-7-16;/h16,26H,2-15H2,1H3,(H,20,21)(H,22,25);1H. The van der Waals surface area contributed by atoms with Crippen molar-refractivity contribution < 1.29 is 9.90 Å². The molecule has 0 atom stereocenters. The van der Waals surface area contributed by atoms with Crippen molar-refractivity contribution in [2.24, 2.45) is 4.99 Å². The summed E-state index contributed by atoms with van der Waals surface area (Å²) in [5.41, 5.74) is -0.623. The second kappa shape index (κ2) is 10.8. The Kier molecular flexibility index (Phi) is 9.07. The number of carbonyl (C=O) groups excluding carboxylic acids is 1. The van der Waals surface area contributed by atoms with Gasteiger partial charge in [0.2, 0.25) is 5.91 Å². The van der Waals surface area contributed by atoms with Crippen LogP contribution in [-0.2, 0) is 4.79 Å². The molecule has 0 spiro atoms. The SMILES string of the molecule is CCNC(=NCC1(O)CCCCC1)N1CCN(CC(=O)NC2CC2)CC1.I. The summed E-state index contributed by atoms with van der Waals surface area (Å²) in [5.74, 6) is 1.05. The lowest BCUT2D eigenvalue weighted by molar-refractivity contribution is -0.122. The van der Waals surface area contributed by atoms with Gasteiger partial charge in [0, 0.05) is 38.8 Å². The fraction of sp³-hybridized carbons (Fsp3) is 0.895. The molecule has 0 radical (unpaired) electrons. The molecule has 0 aromatic rings. The van der Waals surface area contributed by atoms with E-state index in [-0.39, 0.29) is 29.9 Å². The van der Waals surface area contributed by atoms with Crippen molar-refractivity contribution >= 4 is 35.8 Å². The third kappa shape index (κ3) is 7.38. The van der Waals surface area contributed by atoms with Gasteiger partial charge in [-0.25, -0.2) is 0 Å². The number of hydrogen-bond acceptors (Lipinski definition) is 4. The third-order valence-corrected chi connectivity index (χ3v) is 5.62. The number of nitrogens with one attached hydrogen (secondary N) is 2. The number of nitrogens with zero attached hydrogens (tertiary/aromatic N) is 3. The Morgan fingerprint density at radius 1 is 1.15 bits per heavy atom. The van der Waals surface area contributed by atoms with Gasteiger partial charge in [0.25, 0.3) is 0 Å². The van der Waals surface area contributed by atoms with Crippen LogP contribution in [0.3, 0.4) is 0 Å². The minimum Gasteiger partial charge on any atom is -0.388 e. The first kappa shape index (κ1) is 22.7. The molecule has 8 heteroatoms. The van der Waals surface area contributed by atoms with Gasteiger partial charge < -0.3 is 20.6 Å². The molecule has 1 aliphatic heterocycles.